The van der Waals surface area contributed by atoms with Crippen molar-refractivity contribution in [2.24, 2.45) is 0 Å². The van der Waals surface area contributed by atoms with Crippen LogP contribution in [0.5, 0.6) is 0 Å². The maximum Gasteiger partial charge on any atom is 0.0763 e. The van der Waals surface area contributed by atoms with Crippen LogP contribution >= 0.6 is 23.4 Å². The number of anilines is 1. The maximum absolute atomic E-state index is 6.12. The van der Waals surface area contributed by atoms with Crippen LogP contribution in [0.4, 0.5) is 5.69 Å². The van der Waals surface area contributed by atoms with Crippen molar-refractivity contribution in [1.29, 1.82) is 0 Å². The fourth-order valence-corrected chi connectivity index (χ4v) is 2.54. The van der Waals surface area contributed by atoms with Crippen LogP contribution in [0.1, 0.15) is 0 Å². The topological polar surface area (TPSA) is 12.0 Å². The van der Waals surface area contributed by atoms with Crippen molar-refractivity contribution in [1.82, 2.24) is 0 Å². The Balaban J connectivity index is 2.07. The fraction of sp³-hybridized carbons (Fsp3) is 0.0667. The first-order chi connectivity index (χ1) is 8.79. The summed E-state index contributed by atoms with van der Waals surface area (Å²) in [5.74, 6) is 2.54. The lowest BCUT2D eigenvalue weighted by molar-refractivity contribution is 1.35. The number of rotatable bonds is 4. The van der Waals surface area contributed by atoms with E-state index in [1.54, 1.807) is 11.8 Å². The highest BCUT2D eigenvalue weighted by atomic mass is 35.5. The number of benzene rings is 2. The van der Waals surface area contributed by atoms with Crippen molar-refractivity contribution < 1.29 is 0 Å². The number of terminal acetylenes is 1. The molecule has 0 aliphatic heterocycles. The van der Waals surface area contributed by atoms with Gasteiger partial charge in [0.1, 0.15) is 0 Å². The van der Waals surface area contributed by atoms with Crippen LogP contribution in [0, 0.1) is 12.3 Å². The third-order valence-corrected chi connectivity index (χ3v) is 3.84. The van der Waals surface area contributed by atoms with E-state index in [0.717, 1.165) is 20.5 Å². The Hall–Kier alpha value is -1.56. The van der Waals surface area contributed by atoms with Crippen LogP contribution in [0.3, 0.4) is 0 Å². The molecule has 3 heteroatoms. The summed E-state index contributed by atoms with van der Waals surface area (Å²) in [5, 5.41) is 3.90. The molecule has 2 aromatic rings. The van der Waals surface area contributed by atoms with Crippen molar-refractivity contribution in [3.8, 4) is 12.3 Å². The molecule has 0 radical (unpaired) electrons. The molecule has 0 atom stereocenters. The fourth-order valence-electron chi connectivity index (χ4n) is 1.45. The summed E-state index contributed by atoms with van der Waals surface area (Å²) in [5.41, 5.74) is 1.02. The summed E-state index contributed by atoms with van der Waals surface area (Å²) in [7, 11) is 0. The molecule has 2 rings (SSSR count). The number of hydrogen-bond acceptors (Lipinski definition) is 2. The molecule has 0 saturated heterocycles. The van der Waals surface area contributed by atoms with Crippen molar-refractivity contribution in [3.05, 3.63) is 53.6 Å². The molecule has 0 amide bonds. The lowest BCUT2D eigenvalue weighted by Gasteiger charge is -2.06. The van der Waals surface area contributed by atoms with Crippen LogP contribution < -0.4 is 5.32 Å². The molecular formula is C15H12ClNS. The average Bonchev–Trinajstić information content (AvgIpc) is 2.41. The molecule has 0 heterocycles. The number of halogens is 1. The van der Waals surface area contributed by atoms with Crippen LogP contribution in [0.15, 0.2) is 58.3 Å². The third kappa shape index (κ3) is 3.46. The first-order valence-corrected chi connectivity index (χ1v) is 6.69. The predicted octanol–water partition coefficient (Wildman–Crippen LogP) is 4.54. The first kappa shape index (κ1) is 12.9. The van der Waals surface area contributed by atoms with Gasteiger partial charge in [-0.15, -0.1) is 6.42 Å². The van der Waals surface area contributed by atoms with Gasteiger partial charge in [-0.3, -0.25) is 0 Å². The Bertz CT molecular complexity index is 557. The van der Waals surface area contributed by atoms with Gasteiger partial charge in [-0.05, 0) is 36.4 Å². The number of hydrogen-bond donors (Lipinski definition) is 1. The van der Waals surface area contributed by atoms with E-state index in [9.17, 15) is 0 Å². The normalized spacial score (nSPS) is 9.78. The average molecular weight is 274 g/mol. The Morgan fingerprint density at radius 1 is 1.11 bits per heavy atom. The zero-order valence-corrected chi connectivity index (χ0v) is 11.3. The Labute approximate surface area is 117 Å². The second-order valence-electron chi connectivity index (χ2n) is 3.61. The Kier molecular flexibility index (Phi) is 4.58. The minimum atomic E-state index is 0.539. The second kappa shape index (κ2) is 6.39. The molecule has 18 heavy (non-hydrogen) atoms. The Morgan fingerprint density at radius 3 is 2.50 bits per heavy atom. The SMILES string of the molecule is C#CCNc1ccc(Sc2ccccc2Cl)cc1. The van der Waals surface area contributed by atoms with Gasteiger partial charge in [0.25, 0.3) is 0 Å². The van der Waals surface area contributed by atoms with Crippen LogP contribution in [-0.2, 0) is 0 Å². The van der Waals surface area contributed by atoms with Gasteiger partial charge in [0, 0.05) is 15.5 Å². The van der Waals surface area contributed by atoms with E-state index in [2.05, 4.69) is 11.2 Å². The second-order valence-corrected chi connectivity index (χ2v) is 5.14. The lowest BCUT2D eigenvalue weighted by Crippen LogP contribution is -1.97. The highest BCUT2D eigenvalue weighted by Gasteiger charge is 2.01. The summed E-state index contributed by atoms with van der Waals surface area (Å²) >= 11 is 7.77. The molecule has 0 aromatic heterocycles. The van der Waals surface area contributed by atoms with Gasteiger partial charge in [-0.1, -0.05) is 41.4 Å². The van der Waals surface area contributed by atoms with E-state index in [1.165, 1.54) is 0 Å². The summed E-state index contributed by atoms with van der Waals surface area (Å²) in [6.07, 6.45) is 5.19. The minimum Gasteiger partial charge on any atom is -0.374 e. The van der Waals surface area contributed by atoms with Gasteiger partial charge < -0.3 is 5.32 Å². The molecule has 2 aromatic carbocycles. The predicted molar refractivity (Wildman–Crippen MR) is 79.3 cm³/mol. The van der Waals surface area contributed by atoms with E-state index < -0.39 is 0 Å². The molecule has 1 nitrogen and oxygen atoms in total. The van der Waals surface area contributed by atoms with E-state index in [0.29, 0.717) is 6.54 Å². The molecule has 0 spiro atoms. The highest BCUT2D eigenvalue weighted by molar-refractivity contribution is 7.99. The van der Waals surface area contributed by atoms with E-state index in [1.807, 2.05) is 48.5 Å². The summed E-state index contributed by atoms with van der Waals surface area (Å²) in [6, 6.07) is 15.9. The highest BCUT2D eigenvalue weighted by Crippen LogP contribution is 2.33. The molecule has 90 valence electrons. The summed E-state index contributed by atoms with van der Waals surface area (Å²) in [6.45, 7) is 0.539. The summed E-state index contributed by atoms with van der Waals surface area (Å²) in [4.78, 5) is 2.21. The standard InChI is InChI=1S/C15H12ClNS/c1-2-11-17-12-7-9-13(10-8-12)18-15-6-4-3-5-14(15)16/h1,3-10,17H,11H2. The molecule has 1 N–H and O–H groups in total. The zero-order valence-electron chi connectivity index (χ0n) is 9.69. The zero-order chi connectivity index (χ0) is 12.8. The van der Waals surface area contributed by atoms with Gasteiger partial charge in [0.2, 0.25) is 0 Å². The van der Waals surface area contributed by atoms with Crippen molar-refractivity contribution in [2.45, 2.75) is 9.79 Å². The molecule has 0 unspecified atom stereocenters. The first-order valence-electron chi connectivity index (χ1n) is 5.49. The van der Waals surface area contributed by atoms with Gasteiger partial charge in [0.15, 0.2) is 0 Å². The van der Waals surface area contributed by atoms with E-state index in [4.69, 9.17) is 18.0 Å². The monoisotopic (exact) mass is 273 g/mol. The van der Waals surface area contributed by atoms with Crippen molar-refractivity contribution >= 4 is 29.1 Å². The van der Waals surface area contributed by atoms with Gasteiger partial charge in [0.05, 0.1) is 11.6 Å². The molecule has 0 aliphatic rings. The van der Waals surface area contributed by atoms with Crippen LogP contribution in [0.25, 0.3) is 0 Å². The van der Waals surface area contributed by atoms with Crippen molar-refractivity contribution in [3.63, 3.8) is 0 Å². The smallest absolute Gasteiger partial charge is 0.0763 e. The van der Waals surface area contributed by atoms with E-state index in [-0.39, 0.29) is 0 Å². The number of nitrogens with one attached hydrogen (secondary N) is 1. The molecule has 0 bridgehead atoms. The third-order valence-electron chi connectivity index (χ3n) is 2.31. The minimum absolute atomic E-state index is 0.539. The van der Waals surface area contributed by atoms with E-state index >= 15 is 0 Å². The van der Waals surface area contributed by atoms with Crippen LogP contribution in [-0.4, -0.2) is 6.54 Å². The van der Waals surface area contributed by atoms with Crippen molar-refractivity contribution in [2.75, 3.05) is 11.9 Å². The molecule has 0 saturated carbocycles. The molecule has 0 aliphatic carbocycles. The maximum atomic E-state index is 6.12. The van der Waals surface area contributed by atoms with Crippen LogP contribution in [0.2, 0.25) is 5.02 Å². The largest absolute Gasteiger partial charge is 0.374 e. The molecule has 0 fully saturated rings. The summed E-state index contributed by atoms with van der Waals surface area (Å²) < 4.78 is 0. The Morgan fingerprint density at radius 2 is 1.83 bits per heavy atom. The van der Waals surface area contributed by atoms with Gasteiger partial charge in [-0.25, -0.2) is 0 Å². The van der Waals surface area contributed by atoms with Gasteiger partial charge >= 0.3 is 0 Å². The molecular weight excluding hydrogens is 262 g/mol. The lowest BCUT2D eigenvalue weighted by atomic mass is 10.3. The quantitative estimate of drug-likeness (QED) is 0.821. The van der Waals surface area contributed by atoms with Gasteiger partial charge in [-0.2, -0.15) is 0 Å².